The maximum atomic E-state index is 9.06. The Morgan fingerprint density at radius 2 is 1.76 bits per heavy atom. The van der Waals surface area contributed by atoms with Gasteiger partial charge in [-0.2, -0.15) is 5.26 Å². The van der Waals surface area contributed by atoms with E-state index in [9.17, 15) is 0 Å². The highest BCUT2D eigenvalue weighted by atomic mass is 14.8. The second-order valence-corrected chi connectivity index (χ2v) is 3.88. The van der Waals surface area contributed by atoms with Crippen molar-refractivity contribution in [1.82, 2.24) is 5.32 Å². The SMILES string of the molecule is CNCc1ccc(-c2ccccc2C#N)cc1. The fourth-order valence-corrected chi connectivity index (χ4v) is 1.84. The fourth-order valence-electron chi connectivity index (χ4n) is 1.84. The molecule has 2 rings (SSSR count). The van der Waals surface area contributed by atoms with E-state index < -0.39 is 0 Å². The first kappa shape index (κ1) is 11.4. The largest absolute Gasteiger partial charge is 0.316 e. The van der Waals surface area contributed by atoms with Gasteiger partial charge in [0.2, 0.25) is 0 Å². The topological polar surface area (TPSA) is 35.8 Å². The van der Waals surface area contributed by atoms with E-state index in [4.69, 9.17) is 5.26 Å². The van der Waals surface area contributed by atoms with Crippen LogP contribution in [-0.2, 0) is 6.54 Å². The molecular formula is C15H14N2. The third kappa shape index (κ3) is 2.52. The summed E-state index contributed by atoms with van der Waals surface area (Å²) in [5, 5.41) is 12.2. The second-order valence-electron chi connectivity index (χ2n) is 3.88. The molecule has 17 heavy (non-hydrogen) atoms. The van der Waals surface area contributed by atoms with Gasteiger partial charge < -0.3 is 5.32 Å². The van der Waals surface area contributed by atoms with Crippen LogP contribution < -0.4 is 5.32 Å². The third-order valence-corrected chi connectivity index (χ3v) is 2.69. The highest BCUT2D eigenvalue weighted by molar-refractivity contribution is 5.70. The molecule has 0 bridgehead atoms. The van der Waals surface area contributed by atoms with Crippen LogP contribution in [0.5, 0.6) is 0 Å². The Morgan fingerprint density at radius 1 is 1.06 bits per heavy atom. The van der Waals surface area contributed by atoms with Crippen LogP contribution in [-0.4, -0.2) is 7.05 Å². The first-order chi connectivity index (χ1) is 8.35. The molecule has 0 heterocycles. The van der Waals surface area contributed by atoms with Gasteiger partial charge in [0.1, 0.15) is 0 Å². The smallest absolute Gasteiger partial charge is 0.0998 e. The summed E-state index contributed by atoms with van der Waals surface area (Å²) in [4.78, 5) is 0. The van der Waals surface area contributed by atoms with Gasteiger partial charge >= 0.3 is 0 Å². The van der Waals surface area contributed by atoms with Crippen LogP contribution in [0, 0.1) is 11.3 Å². The maximum Gasteiger partial charge on any atom is 0.0998 e. The summed E-state index contributed by atoms with van der Waals surface area (Å²) in [5.74, 6) is 0. The number of benzene rings is 2. The second kappa shape index (κ2) is 5.29. The van der Waals surface area contributed by atoms with Crippen LogP contribution in [0.15, 0.2) is 48.5 Å². The molecule has 0 fully saturated rings. The predicted octanol–water partition coefficient (Wildman–Crippen LogP) is 2.94. The average Bonchev–Trinajstić information content (AvgIpc) is 2.40. The van der Waals surface area contributed by atoms with Crippen LogP contribution in [0.2, 0.25) is 0 Å². The zero-order chi connectivity index (χ0) is 12.1. The van der Waals surface area contributed by atoms with E-state index >= 15 is 0 Å². The Bertz CT molecular complexity index is 536. The molecular weight excluding hydrogens is 208 g/mol. The standard InChI is InChI=1S/C15H14N2/c1-17-11-12-6-8-13(9-7-12)15-5-3-2-4-14(15)10-16/h2-9,17H,11H2,1H3. The molecule has 0 radical (unpaired) electrons. The van der Waals surface area contributed by atoms with E-state index in [1.54, 1.807) is 0 Å². The predicted molar refractivity (Wildman–Crippen MR) is 69.4 cm³/mol. The molecule has 0 spiro atoms. The molecule has 0 aliphatic rings. The van der Waals surface area contributed by atoms with Gasteiger partial charge in [-0.3, -0.25) is 0 Å². The lowest BCUT2D eigenvalue weighted by Crippen LogP contribution is -2.04. The van der Waals surface area contributed by atoms with Crippen molar-refractivity contribution in [2.75, 3.05) is 7.05 Å². The highest BCUT2D eigenvalue weighted by Crippen LogP contribution is 2.23. The first-order valence-corrected chi connectivity index (χ1v) is 5.58. The summed E-state index contributed by atoms with van der Waals surface area (Å²) in [5.41, 5.74) is 4.03. The minimum Gasteiger partial charge on any atom is -0.316 e. The first-order valence-electron chi connectivity index (χ1n) is 5.58. The molecule has 2 nitrogen and oxygen atoms in total. The van der Waals surface area contributed by atoms with Gasteiger partial charge in [0.25, 0.3) is 0 Å². The molecule has 84 valence electrons. The monoisotopic (exact) mass is 222 g/mol. The molecule has 2 aromatic carbocycles. The lowest BCUT2D eigenvalue weighted by Gasteiger charge is -2.05. The Hall–Kier alpha value is -2.11. The molecule has 0 amide bonds. The molecule has 0 aliphatic carbocycles. The molecule has 0 unspecified atom stereocenters. The van der Waals surface area contributed by atoms with Crippen LogP contribution in [0.4, 0.5) is 0 Å². The van der Waals surface area contributed by atoms with Crippen molar-refractivity contribution < 1.29 is 0 Å². The third-order valence-electron chi connectivity index (χ3n) is 2.69. The van der Waals surface area contributed by atoms with Crippen molar-refractivity contribution in [3.8, 4) is 17.2 Å². The lowest BCUT2D eigenvalue weighted by molar-refractivity contribution is 0.818. The zero-order valence-electron chi connectivity index (χ0n) is 9.77. The van der Waals surface area contributed by atoms with Crippen LogP contribution >= 0.6 is 0 Å². The normalized spacial score (nSPS) is 9.88. The maximum absolute atomic E-state index is 9.06. The summed E-state index contributed by atoms with van der Waals surface area (Å²) in [7, 11) is 1.93. The van der Waals surface area contributed by atoms with E-state index in [1.807, 2.05) is 31.3 Å². The molecule has 0 saturated heterocycles. The highest BCUT2D eigenvalue weighted by Gasteiger charge is 2.03. The van der Waals surface area contributed by atoms with Crippen molar-refractivity contribution in [3.63, 3.8) is 0 Å². The van der Waals surface area contributed by atoms with Crippen molar-refractivity contribution in [1.29, 1.82) is 5.26 Å². The van der Waals surface area contributed by atoms with Crippen molar-refractivity contribution in [2.45, 2.75) is 6.54 Å². The molecule has 0 atom stereocenters. The van der Waals surface area contributed by atoms with Crippen molar-refractivity contribution >= 4 is 0 Å². The van der Waals surface area contributed by atoms with Gasteiger partial charge in [0, 0.05) is 6.54 Å². The van der Waals surface area contributed by atoms with Gasteiger partial charge in [0.05, 0.1) is 11.6 Å². The van der Waals surface area contributed by atoms with Gasteiger partial charge in [-0.25, -0.2) is 0 Å². The Balaban J connectivity index is 2.37. The Morgan fingerprint density at radius 3 is 2.41 bits per heavy atom. The fraction of sp³-hybridized carbons (Fsp3) is 0.133. The van der Waals surface area contributed by atoms with E-state index in [0.29, 0.717) is 5.56 Å². The number of nitrogens with one attached hydrogen (secondary N) is 1. The quantitative estimate of drug-likeness (QED) is 0.866. The van der Waals surface area contributed by atoms with Crippen molar-refractivity contribution in [2.24, 2.45) is 0 Å². The molecule has 0 aromatic heterocycles. The number of rotatable bonds is 3. The van der Waals surface area contributed by atoms with Gasteiger partial charge in [-0.05, 0) is 29.8 Å². The van der Waals surface area contributed by atoms with Gasteiger partial charge in [0.15, 0.2) is 0 Å². The van der Waals surface area contributed by atoms with E-state index in [2.05, 4.69) is 35.7 Å². The van der Waals surface area contributed by atoms with Gasteiger partial charge in [-0.15, -0.1) is 0 Å². The van der Waals surface area contributed by atoms with E-state index in [-0.39, 0.29) is 0 Å². The Labute approximate surface area is 102 Å². The van der Waals surface area contributed by atoms with Gasteiger partial charge in [-0.1, -0.05) is 42.5 Å². The molecule has 0 aliphatic heterocycles. The number of hydrogen-bond acceptors (Lipinski definition) is 2. The summed E-state index contributed by atoms with van der Waals surface area (Å²) in [6.45, 7) is 0.861. The number of nitriles is 1. The van der Waals surface area contributed by atoms with Crippen LogP contribution in [0.25, 0.3) is 11.1 Å². The molecule has 1 N–H and O–H groups in total. The number of hydrogen-bond donors (Lipinski definition) is 1. The minimum absolute atomic E-state index is 0.717. The summed E-state index contributed by atoms with van der Waals surface area (Å²) in [6.07, 6.45) is 0. The zero-order valence-corrected chi connectivity index (χ0v) is 9.77. The van der Waals surface area contributed by atoms with Crippen LogP contribution in [0.1, 0.15) is 11.1 Å². The average molecular weight is 222 g/mol. The van der Waals surface area contributed by atoms with E-state index in [1.165, 1.54) is 5.56 Å². The minimum atomic E-state index is 0.717. The number of nitrogens with zero attached hydrogens (tertiary/aromatic N) is 1. The van der Waals surface area contributed by atoms with E-state index in [0.717, 1.165) is 17.7 Å². The lowest BCUT2D eigenvalue weighted by atomic mass is 9.99. The van der Waals surface area contributed by atoms with Crippen LogP contribution in [0.3, 0.4) is 0 Å². The molecule has 2 heteroatoms. The van der Waals surface area contributed by atoms with Crippen molar-refractivity contribution in [3.05, 3.63) is 59.7 Å². The summed E-state index contributed by atoms with van der Waals surface area (Å²) in [6, 6.07) is 18.2. The summed E-state index contributed by atoms with van der Waals surface area (Å²) < 4.78 is 0. The Kier molecular flexibility index (Phi) is 3.54. The molecule has 2 aromatic rings. The molecule has 0 saturated carbocycles. The summed E-state index contributed by atoms with van der Waals surface area (Å²) >= 11 is 0.